The second-order valence-corrected chi connectivity index (χ2v) is 6.59. The number of aliphatic hydroxyl groups excluding tert-OH is 1. The molecule has 0 bridgehead atoms. The van der Waals surface area contributed by atoms with Gasteiger partial charge >= 0.3 is 0 Å². The molecule has 1 N–H and O–H groups in total. The van der Waals surface area contributed by atoms with E-state index in [-0.39, 0.29) is 12.2 Å². The highest BCUT2D eigenvalue weighted by Crippen LogP contribution is 2.16. The molecule has 3 rings (SSSR count). The summed E-state index contributed by atoms with van der Waals surface area (Å²) in [5.74, 6) is 0.599. The lowest BCUT2D eigenvalue weighted by Gasteiger charge is -2.36. The largest absolute Gasteiger partial charge is 0.390 e. The monoisotopic (exact) mass is 323 g/mol. The van der Waals surface area contributed by atoms with E-state index >= 15 is 0 Å². The van der Waals surface area contributed by atoms with Gasteiger partial charge in [0, 0.05) is 30.6 Å². The summed E-state index contributed by atoms with van der Waals surface area (Å²) in [7, 11) is 0. The van der Waals surface area contributed by atoms with Crippen molar-refractivity contribution in [3.8, 4) is 11.4 Å². The maximum absolute atomic E-state index is 10.3. The van der Waals surface area contributed by atoms with E-state index in [1.54, 1.807) is 11.3 Å². The maximum Gasteiger partial charge on any atom is 0.205 e. The fraction of sp³-hybridized carbons (Fsp3) is 0.643. The number of nitrogens with zero attached hydrogens (tertiary/aromatic N) is 5. The van der Waals surface area contributed by atoms with Crippen LogP contribution in [0, 0.1) is 0 Å². The molecule has 2 aromatic heterocycles. The molecule has 22 heavy (non-hydrogen) atoms. The van der Waals surface area contributed by atoms with E-state index in [1.165, 1.54) is 4.80 Å². The molecule has 0 amide bonds. The van der Waals surface area contributed by atoms with Crippen LogP contribution in [0.25, 0.3) is 11.4 Å². The molecule has 1 fully saturated rings. The number of hydrogen-bond donors (Lipinski definition) is 1. The fourth-order valence-electron chi connectivity index (χ4n) is 2.81. The number of tetrazole rings is 1. The Morgan fingerprint density at radius 2 is 2.14 bits per heavy atom. The Kier molecular flexibility index (Phi) is 4.82. The first-order valence-corrected chi connectivity index (χ1v) is 8.40. The number of β-amino-alcohol motifs (C(OH)–C–C–N with tert-alkyl or cyclic N) is 1. The smallest absolute Gasteiger partial charge is 0.205 e. The summed E-state index contributed by atoms with van der Waals surface area (Å²) in [6.45, 7) is 6.73. The zero-order valence-electron chi connectivity index (χ0n) is 12.8. The molecule has 3 atom stereocenters. The Labute approximate surface area is 133 Å². The van der Waals surface area contributed by atoms with Crippen molar-refractivity contribution in [2.24, 2.45) is 0 Å². The van der Waals surface area contributed by atoms with E-state index in [2.05, 4.69) is 34.2 Å². The van der Waals surface area contributed by atoms with Crippen LogP contribution in [0.5, 0.6) is 0 Å². The molecule has 0 spiro atoms. The summed E-state index contributed by atoms with van der Waals surface area (Å²) in [5.41, 5.74) is 0.960. The number of rotatable bonds is 5. The third kappa shape index (κ3) is 3.89. The van der Waals surface area contributed by atoms with Gasteiger partial charge in [-0.25, -0.2) is 0 Å². The first kappa shape index (κ1) is 15.5. The van der Waals surface area contributed by atoms with Crippen molar-refractivity contribution in [1.82, 2.24) is 25.1 Å². The second kappa shape index (κ2) is 6.82. The lowest BCUT2D eigenvalue weighted by atomic mass is 10.2. The summed E-state index contributed by atoms with van der Waals surface area (Å²) in [6.07, 6.45) is -0.127. The van der Waals surface area contributed by atoms with Gasteiger partial charge in [-0.05, 0) is 30.5 Å². The van der Waals surface area contributed by atoms with Crippen LogP contribution in [0.15, 0.2) is 16.8 Å². The van der Waals surface area contributed by atoms with Crippen molar-refractivity contribution in [1.29, 1.82) is 0 Å². The van der Waals surface area contributed by atoms with Crippen molar-refractivity contribution in [2.45, 2.75) is 38.7 Å². The van der Waals surface area contributed by atoms with Gasteiger partial charge in [0.1, 0.15) is 0 Å². The standard InChI is InChI=1S/C14H21N5O2S/c1-10-5-18(6-11(2)21-10)7-13(20)8-19-16-14(15-17-19)12-3-4-22-9-12/h3-4,9-11,13,20H,5-8H2,1-2H3/t10-,11+,13-/m1/s1. The summed E-state index contributed by atoms with van der Waals surface area (Å²) >= 11 is 1.60. The second-order valence-electron chi connectivity index (χ2n) is 5.81. The molecule has 8 heteroatoms. The van der Waals surface area contributed by atoms with Gasteiger partial charge in [0.25, 0.3) is 0 Å². The Balaban J connectivity index is 1.54. The number of thiophene rings is 1. The zero-order chi connectivity index (χ0) is 15.5. The molecular formula is C14H21N5O2S. The Bertz CT molecular complexity index is 578. The molecule has 3 heterocycles. The average Bonchev–Trinajstić information content (AvgIpc) is 3.07. The van der Waals surface area contributed by atoms with Gasteiger partial charge < -0.3 is 9.84 Å². The highest BCUT2D eigenvalue weighted by molar-refractivity contribution is 7.08. The molecule has 0 aliphatic carbocycles. The van der Waals surface area contributed by atoms with Crippen molar-refractivity contribution in [2.75, 3.05) is 19.6 Å². The van der Waals surface area contributed by atoms with Gasteiger partial charge in [0.15, 0.2) is 0 Å². The van der Waals surface area contributed by atoms with Crippen LogP contribution in [-0.2, 0) is 11.3 Å². The summed E-state index contributed by atoms with van der Waals surface area (Å²) in [6, 6.07) is 1.96. The molecule has 1 aliphatic heterocycles. The molecule has 0 radical (unpaired) electrons. The SMILES string of the molecule is C[C@@H]1CN(C[C@@H](O)Cn2nnc(-c3ccsc3)n2)C[C@H](C)O1. The minimum atomic E-state index is -0.526. The fourth-order valence-corrected chi connectivity index (χ4v) is 3.44. The Hall–Kier alpha value is -1.35. The van der Waals surface area contributed by atoms with Crippen molar-refractivity contribution < 1.29 is 9.84 Å². The van der Waals surface area contributed by atoms with E-state index in [9.17, 15) is 5.11 Å². The lowest BCUT2D eigenvalue weighted by molar-refractivity contribution is -0.0776. The molecular weight excluding hydrogens is 302 g/mol. The third-order valence-corrected chi connectivity index (χ3v) is 4.25. The molecule has 1 saturated heterocycles. The first-order valence-electron chi connectivity index (χ1n) is 7.46. The topological polar surface area (TPSA) is 76.3 Å². The quantitative estimate of drug-likeness (QED) is 0.880. The van der Waals surface area contributed by atoms with E-state index in [0.29, 0.717) is 18.9 Å². The minimum absolute atomic E-state index is 0.200. The number of aromatic nitrogens is 4. The van der Waals surface area contributed by atoms with Gasteiger partial charge in [-0.2, -0.15) is 16.1 Å². The van der Waals surface area contributed by atoms with Gasteiger partial charge in [-0.15, -0.1) is 10.2 Å². The van der Waals surface area contributed by atoms with Crippen LogP contribution in [-0.4, -0.2) is 68.2 Å². The van der Waals surface area contributed by atoms with Crippen LogP contribution >= 0.6 is 11.3 Å². The molecule has 0 saturated carbocycles. The molecule has 0 unspecified atom stereocenters. The molecule has 2 aromatic rings. The van der Waals surface area contributed by atoms with Crippen molar-refractivity contribution in [3.63, 3.8) is 0 Å². The predicted molar refractivity (Wildman–Crippen MR) is 83.6 cm³/mol. The van der Waals surface area contributed by atoms with Gasteiger partial charge in [-0.1, -0.05) is 0 Å². The zero-order valence-corrected chi connectivity index (χ0v) is 13.6. The summed E-state index contributed by atoms with van der Waals surface area (Å²) in [4.78, 5) is 3.69. The van der Waals surface area contributed by atoms with Crippen LogP contribution < -0.4 is 0 Å². The number of hydrogen-bond acceptors (Lipinski definition) is 7. The minimum Gasteiger partial charge on any atom is -0.390 e. The molecule has 0 aromatic carbocycles. The number of ether oxygens (including phenoxy) is 1. The highest BCUT2D eigenvalue weighted by Gasteiger charge is 2.24. The van der Waals surface area contributed by atoms with Crippen LogP contribution in [0.3, 0.4) is 0 Å². The number of aliphatic hydroxyl groups is 1. The van der Waals surface area contributed by atoms with Crippen LogP contribution in [0.4, 0.5) is 0 Å². The molecule has 7 nitrogen and oxygen atoms in total. The Morgan fingerprint density at radius 1 is 1.36 bits per heavy atom. The van der Waals surface area contributed by atoms with Crippen molar-refractivity contribution in [3.05, 3.63) is 16.8 Å². The third-order valence-electron chi connectivity index (χ3n) is 3.57. The van der Waals surface area contributed by atoms with Crippen LogP contribution in [0.2, 0.25) is 0 Å². The molecule has 120 valence electrons. The first-order chi connectivity index (χ1) is 10.6. The predicted octanol–water partition coefficient (Wildman–Crippen LogP) is 0.872. The van der Waals surface area contributed by atoms with Crippen molar-refractivity contribution >= 4 is 11.3 Å². The number of morpholine rings is 1. The average molecular weight is 323 g/mol. The Morgan fingerprint density at radius 3 is 2.82 bits per heavy atom. The van der Waals surface area contributed by atoms with E-state index in [0.717, 1.165) is 18.7 Å². The summed E-state index contributed by atoms with van der Waals surface area (Å²) < 4.78 is 5.70. The normalized spacial score (nSPS) is 24.5. The van der Waals surface area contributed by atoms with E-state index < -0.39 is 6.10 Å². The van der Waals surface area contributed by atoms with E-state index in [4.69, 9.17) is 4.74 Å². The lowest BCUT2D eigenvalue weighted by Crippen LogP contribution is -2.48. The maximum atomic E-state index is 10.3. The molecule has 1 aliphatic rings. The summed E-state index contributed by atoms with van der Waals surface area (Å²) in [5, 5.41) is 26.6. The van der Waals surface area contributed by atoms with Gasteiger partial charge in [0.2, 0.25) is 5.82 Å². The highest BCUT2D eigenvalue weighted by atomic mass is 32.1. The van der Waals surface area contributed by atoms with Gasteiger partial charge in [-0.3, -0.25) is 4.90 Å². The van der Waals surface area contributed by atoms with Gasteiger partial charge in [0.05, 0.1) is 24.9 Å². The van der Waals surface area contributed by atoms with E-state index in [1.807, 2.05) is 16.8 Å². The van der Waals surface area contributed by atoms with Crippen LogP contribution in [0.1, 0.15) is 13.8 Å².